The molecule has 5 aliphatic heterocycles. The van der Waals surface area contributed by atoms with Gasteiger partial charge in [0.1, 0.15) is 5.75 Å². The van der Waals surface area contributed by atoms with Gasteiger partial charge in [0.2, 0.25) is 0 Å². The smallest absolute Gasteiger partial charge is 0.416 e. The summed E-state index contributed by atoms with van der Waals surface area (Å²) in [5.41, 5.74) is 3.65. The van der Waals surface area contributed by atoms with Gasteiger partial charge in [0.25, 0.3) is 23.6 Å². The zero-order chi connectivity index (χ0) is 43.4. The van der Waals surface area contributed by atoms with Gasteiger partial charge in [-0.3, -0.25) is 33.9 Å². The van der Waals surface area contributed by atoms with Crippen LogP contribution in [0, 0.1) is 6.92 Å². The maximum absolute atomic E-state index is 13.9. The fourth-order valence-corrected chi connectivity index (χ4v) is 8.25. The molecule has 61 heavy (non-hydrogen) atoms. The lowest BCUT2D eigenvalue weighted by molar-refractivity contribution is -0.137. The third-order valence-corrected chi connectivity index (χ3v) is 11.5. The van der Waals surface area contributed by atoms with Crippen LogP contribution in [0.3, 0.4) is 0 Å². The molecule has 7 rings (SSSR count). The monoisotopic (exact) mass is 837 g/mol. The van der Waals surface area contributed by atoms with E-state index in [9.17, 15) is 33.9 Å². The van der Waals surface area contributed by atoms with Crippen molar-refractivity contribution in [1.82, 2.24) is 14.7 Å². The van der Waals surface area contributed by atoms with Crippen LogP contribution in [-0.2, 0) is 19.1 Å². The predicted octanol–water partition coefficient (Wildman–Crippen LogP) is 5.22. The zero-order valence-corrected chi connectivity index (χ0v) is 34.6. The minimum Gasteiger partial charge on any atom is -0.493 e. The molecule has 0 unspecified atom stereocenters. The average Bonchev–Trinajstić information content (AvgIpc) is 3.89. The van der Waals surface area contributed by atoms with Gasteiger partial charge in [-0.25, -0.2) is 9.69 Å². The molecule has 5 amide bonds. The number of unbranched alkanes of at least 4 members (excludes halogenated alkanes) is 4. The van der Waals surface area contributed by atoms with Gasteiger partial charge in [0.15, 0.2) is 30.1 Å². The maximum atomic E-state index is 13.9. The van der Waals surface area contributed by atoms with Crippen molar-refractivity contribution in [1.29, 1.82) is 0 Å². The Hall–Kier alpha value is -6.29. The van der Waals surface area contributed by atoms with Crippen LogP contribution in [0.4, 0.5) is 16.2 Å². The number of fused-ring (bicyclic) bond motifs is 4. The van der Waals surface area contributed by atoms with Crippen molar-refractivity contribution in [3.05, 3.63) is 77.4 Å². The SMILES string of the molecule is C=C1C[C@H]2C=Nc3cc(OCCCCCOc4cc5c(cc4C)C(=O)N4CC(=C)C[C@H]4[C@H](O)N5C(=O)OCC(=O)CCCCCN4C(=O)C=CC4=O)c(OC)cc3C(=O)N2C1. The topological polar surface area (TPSA) is 185 Å². The number of ether oxygens (including phenoxy) is 4. The number of methoxy groups -OCH3 is 1. The number of aliphatic hydroxyl groups is 1. The molecule has 322 valence electrons. The van der Waals surface area contributed by atoms with Crippen molar-refractivity contribution in [3.8, 4) is 17.2 Å². The van der Waals surface area contributed by atoms with Crippen LogP contribution in [0.5, 0.6) is 17.2 Å². The number of Topliss-reactive ketones (excluding diaryl/α,β-unsaturated/α-hetero) is 1. The quantitative estimate of drug-likeness (QED) is 0.125. The predicted molar refractivity (Wildman–Crippen MR) is 223 cm³/mol. The molecule has 2 aromatic rings. The van der Waals surface area contributed by atoms with Crippen molar-refractivity contribution in [2.45, 2.75) is 83.0 Å². The van der Waals surface area contributed by atoms with E-state index in [0.29, 0.717) is 92.3 Å². The number of anilines is 1. The zero-order valence-electron chi connectivity index (χ0n) is 34.6. The molecule has 16 nitrogen and oxygen atoms in total. The Balaban J connectivity index is 0.931. The average molecular weight is 838 g/mol. The summed E-state index contributed by atoms with van der Waals surface area (Å²) >= 11 is 0. The van der Waals surface area contributed by atoms with Crippen LogP contribution < -0.4 is 19.1 Å². The first-order chi connectivity index (χ1) is 29.3. The van der Waals surface area contributed by atoms with Crippen LogP contribution in [-0.4, -0.2) is 126 Å². The number of aliphatic hydroxyl groups excluding tert-OH is 1. The van der Waals surface area contributed by atoms with Gasteiger partial charge in [0.05, 0.1) is 54.9 Å². The minimum absolute atomic E-state index is 0.107. The van der Waals surface area contributed by atoms with Crippen molar-refractivity contribution >= 4 is 53.1 Å². The van der Waals surface area contributed by atoms with Crippen LogP contribution in [0.15, 0.2) is 65.7 Å². The molecule has 0 saturated carbocycles. The number of ketones is 1. The first-order valence-electron chi connectivity index (χ1n) is 20.7. The molecule has 0 spiro atoms. The summed E-state index contributed by atoms with van der Waals surface area (Å²) in [6, 6.07) is 5.70. The van der Waals surface area contributed by atoms with Gasteiger partial charge >= 0.3 is 6.09 Å². The van der Waals surface area contributed by atoms with E-state index >= 15 is 0 Å². The van der Waals surface area contributed by atoms with Gasteiger partial charge < -0.3 is 33.9 Å². The Kier molecular flexibility index (Phi) is 13.0. The number of hydrogen-bond donors (Lipinski definition) is 1. The van der Waals surface area contributed by atoms with Gasteiger partial charge in [-0.05, 0) is 69.6 Å². The molecule has 5 heterocycles. The second-order valence-corrected chi connectivity index (χ2v) is 15.9. The largest absolute Gasteiger partial charge is 0.493 e. The first kappa shape index (κ1) is 42.8. The summed E-state index contributed by atoms with van der Waals surface area (Å²) in [5.74, 6) is -0.190. The summed E-state index contributed by atoms with van der Waals surface area (Å²) in [4.78, 5) is 87.1. The van der Waals surface area contributed by atoms with Gasteiger partial charge in [-0.2, -0.15) is 0 Å². The number of benzene rings is 2. The molecule has 1 N–H and O–H groups in total. The van der Waals surface area contributed by atoms with E-state index in [4.69, 9.17) is 18.9 Å². The number of amides is 5. The highest BCUT2D eigenvalue weighted by Crippen LogP contribution is 2.41. The second-order valence-electron chi connectivity index (χ2n) is 15.9. The van der Waals surface area contributed by atoms with E-state index in [0.717, 1.165) is 27.4 Å². The highest BCUT2D eigenvalue weighted by atomic mass is 16.6. The molecule has 0 aromatic heterocycles. The number of aliphatic imine (C=N–C) groups is 1. The fourth-order valence-electron chi connectivity index (χ4n) is 8.25. The van der Waals surface area contributed by atoms with E-state index in [-0.39, 0.29) is 72.6 Å². The standard InChI is InChI=1S/C45H51N5O11/c1-27-17-30-23-46-34-21-39(38(58-4)20-32(34)42(54)48(30)24-27)60-16-10-6-9-15-59-37-22-35-33(19-29(37)3)43(55)49-25-28(2)18-36(49)44(56)50(35)45(57)61-26-31(51)11-7-5-8-14-47-40(52)12-13-41(47)53/h12-13,19-23,30,36,44,56H,1-2,5-11,14-18,24-26H2,3-4H3/t30-,36-,44-/m0/s1. The Bertz CT molecular complexity index is 2200. The molecule has 0 radical (unpaired) electrons. The van der Waals surface area contributed by atoms with E-state index in [2.05, 4.69) is 18.2 Å². The third kappa shape index (κ3) is 9.23. The van der Waals surface area contributed by atoms with Crippen LogP contribution in [0.25, 0.3) is 0 Å². The number of carbonyl (C=O) groups excluding carboxylic acids is 6. The Morgan fingerprint density at radius 1 is 0.803 bits per heavy atom. The number of nitrogens with zero attached hydrogens (tertiary/aromatic N) is 5. The lowest BCUT2D eigenvalue weighted by atomic mass is 10.1. The van der Waals surface area contributed by atoms with Gasteiger partial charge in [-0.15, -0.1) is 0 Å². The number of carbonyl (C=O) groups is 6. The molecule has 0 bridgehead atoms. The van der Waals surface area contributed by atoms with E-state index < -0.39 is 25.0 Å². The normalized spacial score (nSPS) is 20.4. The van der Waals surface area contributed by atoms with Crippen LogP contribution in [0.1, 0.15) is 84.1 Å². The summed E-state index contributed by atoms with van der Waals surface area (Å²) in [7, 11) is 1.53. The Morgan fingerprint density at radius 3 is 2.21 bits per heavy atom. The second kappa shape index (κ2) is 18.5. The Labute approximate surface area is 354 Å². The Morgan fingerprint density at radius 2 is 1.48 bits per heavy atom. The lowest BCUT2D eigenvalue weighted by Gasteiger charge is -2.31. The number of aryl methyl sites for hydroxylation is 1. The van der Waals surface area contributed by atoms with Crippen LogP contribution in [0.2, 0.25) is 0 Å². The fraction of sp³-hybridized carbons (Fsp3) is 0.444. The first-order valence-corrected chi connectivity index (χ1v) is 20.7. The highest BCUT2D eigenvalue weighted by molar-refractivity contribution is 6.13. The molecule has 0 aliphatic carbocycles. The van der Waals surface area contributed by atoms with Crippen molar-refractivity contribution in [2.24, 2.45) is 4.99 Å². The highest BCUT2D eigenvalue weighted by Gasteiger charge is 2.46. The number of rotatable bonds is 17. The number of imide groups is 1. The van der Waals surface area contributed by atoms with Gasteiger partial charge in [-0.1, -0.05) is 30.7 Å². The van der Waals surface area contributed by atoms with Crippen molar-refractivity contribution in [2.75, 3.05) is 51.5 Å². The molecule has 2 aromatic carbocycles. The molecule has 5 aliphatic rings. The van der Waals surface area contributed by atoms with E-state index in [1.165, 1.54) is 24.2 Å². The molecular formula is C45H51N5O11. The minimum atomic E-state index is -1.49. The van der Waals surface area contributed by atoms with Crippen LogP contribution >= 0.6 is 0 Å². The molecule has 2 saturated heterocycles. The van der Waals surface area contributed by atoms with E-state index in [1.54, 1.807) is 42.3 Å². The number of hydrogen-bond acceptors (Lipinski definition) is 12. The van der Waals surface area contributed by atoms with Crippen molar-refractivity contribution in [3.63, 3.8) is 0 Å². The van der Waals surface area contributed by atoms with Gasteiger partial charge in [0, 0.05) is 56.6 Å². The van der Waals surface area contributed by atoms with Crippen molar-refractivity contribution < 1.29 is 52.8 Å². The lowest BCUT2D eigenvalue weighted by Crippen LogP contribution is -2.51. The summed E-state index contributed by atoms with van der Waals surface area (Å²) < 4.78 is 23.3. The molecule has 3 atom stereocenters. The third-order valence-electron chi connectivity index (χ3n) is 11.5. The summed E-state index contributed by atoms with van der Waals surface area (Å²) in [6.45, 7) is 11.0. The molecular weight excluding hydrogens is 787 g/mol. The molecule has 2 fully saturated rings. The van der Waals surface area contributed by atoms with E-state index in [1.807, 2.05) is 0 Å². The maximum Gasteiger partial charge on any atom is 0.416 e. The molecule has 16 heteroatoms. The summed E-state index contributed by atoms with van der Waals surface area (Å²) in [5, 5.41) is 11.6. The summed E-state index contributed by atoms with van der Waals surface area (Å²) in [6.07, 6.45) is 6.51.